The fraction of sp³-hybridized carbons (Fsp3) is 1.00. The van der Waals surface area contributed by atoms with E-state index in [1.165, 1.54) is 44.9 Å². The summed E-state index contributed by atoms with van der Waals surface area (Å²) in [4.78, 5) is 0. The molecule has 0 aromatic rings. The number of rotatable bonds is 4. The van der Waals surface area contributed by atoms with Crippen LogP contribution < -0.4 is 0 Å². The van der Waals surface area contributed by atoms with Crippen LogP contribution >= 0.6 is 0 Å². The average Bonchev–Trinajstić information content (AvgIpc) is 2.52. The minimum atomic E-state index is 0.959. The SMILES string of the molecule is CCC(C)C1CCCC(C(C)CC)CC1. The van der Waals surface area contributed by atoms with E-state index in [0.717, 1.165) is 23.7 Å². The van der Waals surface area contributed by atoms with Gasteiger partial charge < -0.3 is 0 Å². The molecule has 1 aliphatic rings. The molecule has 1 fully saturated rings. The first-order valence-corrected chi connectivity index (χ1v) is 7.19. The van der Waals surface area contributed by atoms with Gasteiger partial charge in [-0.3, -0.25) is 0 Å². The summed E-state index contributed by atoms with van der Waals surface area (Å²) in [7, 11) is 0. The van der Waals surface area contributed by atoms with Crippen molar-refractivity contribution in [1.29, 1.82) is 0 Å². The van der Waals surface area contributed by atoms with Crippen LogP contribution in [0.1, 0.15) is 72.6 Å². The molecule has 0 spiro atoms. The van der Waals surface area contributed by atoms with Gasteiger partial charge in [-0.15, -0.1) is 0 Å². The first-order valence-electron chi connectivity index (χ1n) is 7.19. The lowest BCUT2D eigenvalue weighted by atomic mass is 9.83. The molecule has 0 amide bonds. The summed E-state index contributed by atoms with van der Waals surface area (Å²) in [5.41, 5.74) is 0. The minimum Gasteiger partial charge on any atom is -0.0651 e. The van der Waals surface area contributed by atoms with Crippen LogP contribution in [0.5, 0.6) is 0 Å². The highest BCUT2D eigenvalue weighted by atomic mass is 14.3. The Morgan fingerprint density at radius 1 is 0.800 bits per heavy atom. The van der Waals surface area contributed by atoms with Gasteiger partial charge in [0.1, 0.15) is 0 Å². The van der Waals surface area contributed by atoms with Gasteiger partial charge in [0.15, 0.2) is 0 Å². The van der Waals surface area contributed by atoms with E-state index in [2.05, 4.69) is 27.7 Å². The van der Waals surface area contributed by atoms with E-state index in [0.29, 0.717) is 0 Å². The maximum Gasteiger partial charge on any atom is -0.0388 e. The Balaban J connectivity index is 2.41. The molecule has 0 bridgehead atoms. The predicted octanol–water partition coefficient (Wildman–Crippen LogP) is 5.28. The van der Waals surface area contributed by atoms with Gasteiger partial charge in [0.2, 0.25) is 0 Å². The molecule has 0 aromatic heterocycles. The van der Waals surface area contributed by atoms with Crippen molar-refractivity contribution in [1.82, 2.24) is 0 Å². The first-order chi connectivity index (χ1) is 7.19. The Morgan fingerprint density at radius 2 is 1.20 bits per heavy atom. The van der Waals surface area contributed by atoms with Gasteiger partial charge in [-0.25, -0.2) is 0 Å². The zero-order chi connectivity index (χ0) is 11.3. The smallest absolute Gasteiger partial charge is 0.0388 e. The minimum absolute atomic E-state index is 0.959. The largest absolute Gasteiger partial charge is 0.0651 e. The van der Waals surface area contributed by atoms with Crippen molar-refractivity contribution in [2.24, 2.45) is 23.7 Å². The van der Waals surface area contributed by atoms with Crippen molar-refractivity contribution in [3.63, 3.8) is 0 Å². The zero-order valence-electron chi connectivity index (χ0n) is 11.3. The van der Waals surface area contributed by atoms with Gasteiger partial charge in [-0.1, -0.05) is 59.8 Å². The Kier molecular flexibility index (Phi) is 5.71. The van der Waals surface area contributed by atoms with Crippen molar-refractivity contribution in [2.45, 2.75) is 72.6 Å². The highest BCUT2D eigenvalue weighted by Crippen LogP contribution is 2.36. The Bertz CT molecular complexity index is 143. The fourth-order valence-electron chi connectivity index (χ4n) is 3.16. The van der Waals surface area contributed by atoms with Crippen LogP contribution in [0.15, 0.2) is 0 Å². The van der Waals surface area contributed by atoms with Gasteiger partial charge in [0, 0.05) is 0 Å². The normalized spacial score (nSPS) is 32.0. The second-order valence-corrected chi connectivity index (χ2v) is 5.80. The lowest BCUT2D eigenvalue weighted by Gasteiger charge is -2.23. The second-order valence-electron chi connectivity index (χ2n) is 5.80. The summed E-state index contributed by atoms with van der Waals surface area (Å²) in [5.74, 6) is 3.98. The molecule has 4 unspecified atom stereocenters. The Morgan fingerprint density at radius 3 is 1.53 bits per heavy atom. The summed E-state index contributed by atoms with van der Waals surface area (Å²) >= 11 is 0. The molecule has 0 radical (unpaired) electrons. The highest BCUT2D eigenvalue weighted by molar-refractivity contribution is 4.75. The summed E-state index contributed by atoms with van der Waals surface area (Å²) in [6.07, 6.45) is 10.2. The van der Waals surface area contributed by atoms with E-state index in [9.17, 15) is 0 Å². The van der Waals surface area contributed by atoms with Crippen molar-refractivity contribution in [3.05, 3.63) is 0 Å². The molecule has 1 rings (SSSR count). The lowest BCUT2D eigenvalue weighted by Crippen LogP contribution is -2.12. The molecule has 15 heavy (non-hydrogen) atoms. The molecule has 0 nitrogen and oxygen atoms in total. The molecule has 90 valence electrons. The first kappa shape index (κ1) is 13.1. The van der Waals surface area contributed by atoms with Crippen LogP contribution in [0, 0.1) is 23.7 Å². The maximum absolute atomic E-state index is 2.45. The predicted molar refractivity (Wildman–Crippen MR) is 69.0 cm³/mol. The van der Waals surface area contributed by atoms with Crippen molar-refractivity contribution >= 4 is 0 Å². The highest BCUT2D eigenvalue weighted by Gasteiger charge is 2.24. The van der Waals surface area contributed by atoms with Gasteiger partial charge in [0.25, 0.3) is 0 Å². The monoisotopic (exact) mass is 210 g/mol. The average molecular weight is 210 g/mol. The summed E-state index contributed by atoms with van der Waals surface area (Å²) in [6.45, 7) is 9.60. The molecule has 0 aliphatic heterocycles. The quantitative estimate of drug-likeness (QED) is 0.554. The van der Waals surface area contributed by atoms with E-state index >= 15 is 0 Å². The van der Waals surface area contributed by atoms with Crippen molar-refractivity contribution in [2.75, 3.05) is 0 Å². The zero-order valence-corrected chi connectivity index (χ0v) is 11.3. The summed E-state index contributed by atoms with van der Waals surface area (Å²) < 4.78 is 0. The van der Waals surface area contributed by atoms with E-state index < -0.39 is 0 Å². The van der Waals surface area contributed by atoms with Crippen LogP contribution in [-0.2, 0) is 0 Å². The second kappa shape index (κ2) is 6.55. The molecular formula is C15H30. The van der Waals surface area contributed by atoms with E-state index in [-0.39, 0.29) is 0 Å². The van der Waals surface area contributed by atoms with E-state index in [1.54, 1.807) is 0 Å². The third kappa shape index (κ3) is 3.81. The Labute approximate surface area is 96.8 Å². The van der Waals surface area contributed by atoms with Crippen LogP contribution in [-0.4, -0.2) is 0 Å². The van der Waals surface area contributed by atoms with Gasteiger partial charge in [-0.05, 0) is 36.5 Å². The Hall–Kier alpha value is 0. The topological polar surface area (TPSA) is 0 Å². The lowest BCUT2D eigenvalue weighted by molar-refractivity contribution is 0.284. The maximum atomic E-state index is 2.45. The molecule has 0 heteroatoms. The van der Waals surface area contributed by atoms with Gasteiger partial charge in [0.05, 0.1) is 0 Å². The molecule has 4 atom stereocenters. The van der Waals surface area contributed by atoms with Crippen LogP contribution in [0.2, 0.25) is 0 Å². The molecule has 0 heterocycles. The fourth-order valence-corrected chi connectivity index (χ4v) is 3.16. The summed E-state index contributed by atoms with van der Waals surface area (Å²) in [5, 5.41) is 0. The molecule has 1 aliphatic carbocycles. The third-order valence-electron chi connectivity index (χ3n) is 4.96. The summed E-state index contributed by atoms with van der Waals surface area (Å²) in [6, 6.07) is 0. The van der Waals surface area contributed by atoms with Crippen LogP contribution in [0.4, 0.5) is 0 Å². The van der Waals surface area contributed by atoms with Crippen LogP contribution in [0.25, 0.3) is 0 Å². The van der Waals surface area contributed by atoms with E-state index in [1.807, 2.05) is 0 Å². The number of hydrogen-bond donors (Lipinski definition) is 0. The van der Waals surface area contributed by atoms with Gasteiger partial charge in [-0.2, -0.15) is 0 Å². The van der Waals surface area contributed by atoms with Crippen LogP contribution in [0.3, 0.4) is 0 Å². The van der Waals surface area contributed by atoms with E-state index in [4.69, 9.17) is 0 Å². The number of hydrogen-bond acceptors (Lipinski definition) is 0. The molecule has 0 aromatic carbocycles. The molecule has 0 saturated heterocycles. The van der Waals surface area contributed by atoms with Crippen molar-refractivity contribution in [3.8, 4) is 0 Å². The molecule has 1 saturated carbocycles. The standard InChI is InChI=1S/C15H30/c1-5-12(3)14-8-7-9-15(11-10-14)13(4)6-2/h12-15H,5-11H2,1-4H3. The molecule has 0 N–H and O–H groups in total. The van der Waals surface area contributed by atoms with Gasteiger partial charge >= 0.3 is 0 Å². The van der Waals surface area contributed by atoms with Crippen molar-refractivity contribution < 1.29 is 0 Å². The molecular weight excluding hydrogens is 180 g/mol. The third-order valence-corrected chi connectivity index (χ3v) is 4.96.